The van der Waals surface area contributed by atoms with E-state index in [2.05, 4.69) is 15.3 Å². The lowest BCUT2D eigenvalue weighted by atomic mass is 9.92. The summed E-state index contributed by atoms with van der Waals surface area (Å²) in [5.41, 5.74) is 7.56. The standard InChI is InChI=1S/C13H18N4O.2ClH/c1-8-15-10-5-4-9(6-11(10)16-8)17-12(18)13(2,3)7-14;;/h4-6H,7,14H2,1-3H3,(H,15,16)(H,17,18);2*1H. The zero-order valence-electron chi connectivity index (χ0n) is 11.7. The normalized spacial score (nSPS) is 10.6. The quantitative estimate of drug-likeness (QED) is 0.813. The number of benzene rings is 1. The van der Waals surface area contributed by atoms with Crippen molar-refractivity contribution in [3.05, 3.63) is 24.0 Å². The van der Waals surface area contributed by atoms with E-state index >= 15 is 0 Å². The highest BCUT2D eigenvalue weighted by Gasteiger charge is 2.25. The number of amides is 1. The molecule has 0 saturated carbocycles. The van der Waals surface area contributed by atoms with Crippen LogP contribution in [0.4, 0.5) is 5.69 Å². The Morgan fingerprint density at radius 1 is 1.40 bits per heavy atom. The number of nitrogens with two attached hydrogens (primary N) is 1. The average Bonchev–Trinajstić information content (AvgIpc) is 2.68. The van der Waals surface area contributed by atoms with E-state index in [1.807, 2.05) is 39.0 Å². The molecule has 4 N–H and O–H groups in total. The minimum atomic E-state index is -0.571. The van der Waals surface area contributed by atoms with Crippen molar-refractivity contribution in [3.63, 3.8) is 0 Å². The number of nitrogens with one attached hydrogen (secondary N) is 2. The van der Waals surface area contributed by atoms with Crippen LogP contribution in [0.2, 0.25) is 0 Å². The fraction of sp³-hybridized carbons (Fsp3) is 0.385. The molecular weight excluding hydrogens is 299 g/mol. The monoisotopic (exact) mass is 318 g/mol. The summed E-state index contributed by atoms with van der Waals surface area (Å²) in [5, 5.41) is 2.87. The second-order valence-electron chi connectivity index (χ2n) is 5.10. The number of hydrogen-bond acceptors (Lipinski definition) is 3. The molecule has 0 spiro atoms. The van der Waals surface area contributed by atoms with Crippen LogP contribution in [0, 0.1) is 12.3 Å². The summed E-state index contributed by atoms with van der Waals surface area (Å²) >= 11 is 0. The minimum Gasteiger partial charge on any atom is -0.342 e. The Morgan fingerprint density at radius 3 is 2.65 bits per heavy atom. The molecule has 1 aromatic carbocycles. The molecule has 7 heteroatoms. The average molecular weight is 319 g/mol. The van der Waals surface area contributed by atoms with E-state index in [1.54, 1.807) is 0 Å². The van der Waals surface area contributed by atoms with Gasteiger partial charge in [-0.1, -0.05) is 0 Å². The summed E-state index contributed by atoms with van der Waals surface area (Å²) in [6.07, 6.45) is 0. The molecule has 0 bridgehead atoms. The summed E-state index contributed by atoms with van der Waals surface area (Å²) in [7, 11) is 0. The van der Waals surface area contributed by atoms with Crippen molar-refractivity contribution < 1.29 is 4.79 Å². The first-order chi connectivity index (χ1) is 8.42. The Labute approximate surface area is 130 Å². The number of hydrogen-bond donors (Lipinski definition) is 3. The zero-order chi connectivity index (χ0) is 13.3. The van der Waals surface area contributed by atoms with E-state index in [0.29, 0.717) is 6.54 Å². The van der Waals surface area contributed by atoms with Gasteiger partial charge in [0.15, 0.2) is 0 Å². The number of fused-ring (bicyclic) bond motifs is 1. The summed E-state index contributed by atoms with van der Waals surface area (Å²) in [5.74, 6) is 0.774. The molecule has 1 aromatic heterocycles. The lowest BCUT2D eigenvalue weighted by Crippen LogP contribution is -2.37. The van der Waals surface area contributed by atoms with Gasteiger partial charge in [0, 0.05) is 12.2 Å². The van der Waals surface area contributed by atoms with Crippen LogP contribution in [-0.4, -0.2) is 22.4 Å². The number of nitrogens with zero attached hydrogens (tertiary/aromatic N) is 1. The fourth-order valence-electron chi connectivity index (χ4n) is 1.61. The molecule has 0 aliphatic carbocycles. The predicted octanol–water partition coefficient (Wildman–Crippen LogP) is 2.64. The van der Waals surface area contributed by atoms with Crippen molar-refractivity contribution in [2.24, 2.45) is 11.1 Å². The molecule has 0 aliphatic heterocycles. The first-order valence-corrected chi connectivity index (χ1v) is 5.90. The first kappa shape index (κ1) is 18.7. The Hall–Kier alpha value is -1.30. The Morgan fingerprint density at radius 2 is 2.05 bits per heavy atom. The van der Waals surface area contributed by atoms with Crippen LogP contribution < -0.4 is 11.1 Å². The van der Waals surface area contributed by atoms with E-state index in [4.69, 9.17) is 5.73 Å². The molecule has 2 rings (SSSR count). The largest absolute Gasteiger partial charge is 0.342 e. The van der Waals surface area contributed by atoms with Crippen molar-refractivity contribution in [2.75, 3.05) is 11.9 Å². The molecule has 0 fully saturated rings. The summed E-state index contributed by atoms with van der Waals surface area (Å²) in [6.45, 7) is 5.85. The van der Waals surface area contributed by atoms with E-state index < -0.39 is 5.41 Å². The van der Waals surface area contributed by atoms with Crippen LogP contribution in [-0.2, 0) is 4.79 Å². The maximum absolute atomic E-state index is 12.0. The van der Waals surface area contributed by atoms with E-state index in [1.165, 1.54) is 0 Å². The molecule has 1 amide bonds. The number of aromatic nitrogens is 2. The highest BCUT2D eigenvalue weighted by molar-refractivity contribution is 5.96. The topological polar surface area (TPSA) is 83.8 Å². The summed E-state index contributed by atoms with van der Waals surface area (Å²) in [4.78, 5) is 19.4. The third kappa shape index (κ3) is 3.85. The van der Waals surface area contributed by atoms with Crippen molar-refractivity contribution in [1.29, 1.82) is 0 Å². The maximum Gasteiger partial charge on any atom is 0.231 e. The van der Waals surface area contributed by atoms with Gasteiger partial charge in [-0.3, -0.25) is 4.79 Å². The van der Waals surface area contributed by atoms with Crippen LogP contribution in [0.1, 0.15) is 19.7 Å². The summed E-state index contributed by atoms with van der Waals surface area (Å²) in [6, 6.07) is 5.59. The van der Waals surface area contributed by atoms with Gasteiger partial charge in [0.25, 0.3) is 0 Å². The van der Waals surface area contributed by atoms with Gasteiger partial charge in [0.05, 0.1) is 16.4 Å². The molecule has 5 nitrogen and oxygen atoms in total. The molecule has 0 saturated heterocycles. The number of carbonyl (C=O) groups excluding carboxylic acids is 1. The number of halogens is 2. The van der Waals surface area contributed by atoms with Crippen molar-refractivity contribution in [1.82, 2.24) is 9.97 Å². The number of anilines is 1. The maximum atomic E-state index is 12.0. The van der Waals surface area contributed by atoms with E-state index in [-0.39, 0.29) is 30.7 Å². The van der Waals surface area contributed by atoms with Gasteiger partial charge in [-0.05, 0) is 39.0 Å². The molecule has 0 atom stereocenters. The van der Waals surface area contributed by atoms with Crippen LogP contribution in [0.15, 0.2) is 18.2 Å². The molecule has 0 unspecified atom stereocenters. The second-order valence-corrected chi connectivity index (χ2v) is 5.10. The highest BCUT2D eigenvalue weighted by Crippen LogP contribution is 2.20. The lowest BCUT2D eigenvalue weighted by molar-refractivity contribution is -0.123. The minimum absolute atomic E-state index is 0. The molecule has 0 radical (unpaired) electrons. The van der Waals surface area contributed by atoms with Crippen molar-refractivity contribution >= 4 is 47.4 Å². The van der Waals surface area contributed by atoms with Gasteiger partial charge < -0.3 is 16.0 Å². The number of carbonyl (C=O) groups is 1. The lowest BCUT2D eigenvalue weighted by Gasteiger charge is -2.21. The Bertz CT molecular complexity index is 595. The van der Waals surface area contributed by atoms with Gasteiger partial charge in [-0.15, -0.1) is 24.8 Å². The van der Waals surface area contributed by atoms with Crippen LogP contribution in [0.5, 0.6) is 0 Å². The molecule has 20 heavy (non-hydrogen) atoms. The van der Waals surface area contributed by atoms with Gasteiger partial charge in [-0.2, -0.15) is 0 Å². The molecule has 112 valence electrons. The highest BCUT2D eigenvalue weighted by atomic mass is 35.5. The zero-order valence-corrected chi connectivity index (χ0v) is 13.3. The number of aromatic amines is 1. The van der Waals surface area contributed by atoms with Gasteiger partial charge in [-0.25, -0.2) is 4.98 Å². The fourth-order valence-corrected chi connectivity index (χ4v) is 1.61. The number of rotatable bonds is 3. The number of H-pyrrole nitrogens is 1. The molecule has 0 aliphatic rings. The van der Waals surface area contributed by atoms with Gasteiger partial charge in [0.2, 0.25) is 5.91 Å². The Kier molecular flexibility index (Phi) is 6.47. The van der Waals surface area contributed by atoms with E-state index in [9.17, 15) is 4.79 Å². The number of imidazole rings is 1. The third-order valence-electron chi connectivity index (χ3n) is 2.98. The van der Waals surface area contributed by atoms with Crippen molar-refractivity contribution in [3.8, 4) is 0 Å². The van der Waals surface area contributed by atoms with Crippen LogP contribution in [0.3, 0.4) is 0 Å². The van der Waals surface area contributed by atoms with E-state index in [0.717, 1.165) is 22.5 Å². The Balaban J connectivity index is 0.00000180. The van der Waals surface area contributed by atoms with Gasteiger partial charge >= 0.3 is 0 Å². The smallest absolute Gasteiger partial charge is 0.231 e. The molecular formula is C13H20Cl2N4O. The van der Waals surface area contributed by atoms with Crippen LogP contribution in [0.25, 0.3) is 11.0 Å². The van der Waals surface area contributed by atoms with Crippen LogP contribution >= 0.6 is 24.8 Å². The second kappa shape index (κ2) is 6.92. The van der Waals surface area contributed by atoms with Gasteiger partial charge in [0.1, 0.15) is 5.82 Å². The molecule has 2 aromatic rings. The summed E-state index contributed by atoms with van der Waals surface area (Å²) < 4.78 is 0. The molecule has 1 heterocycles. The predicted molar refractivity (Wildman–Crippen MR) is 86.8 cm³/mol. The number of aryl methyl sites for hydroxylation is 1. The first-order valence-electron chi connectivity index (χ1n) is 5.90. The van der Waals surface area contributed by atoms with Crippen molar-refractivity contribution in [2.45, 2.75) is 20.8 Å². The SMILES string of the molecule is Cc1nc2ccc(NC(=O)C(C)(C)CN)cc2[nH]1.Cl.Cl. The third-order valence-corrected chi connectivity index (χ3v) is 2.98.